The summed E-state index contributed by atoms with van der Waals surface area (Å²) in [6.45, 7) is -0.0614. The van der Waals surface area contributed by atoms with E-state index in [4.69, 9.17) is 10.5 Å². The fraction of sp³-hybridized carbons (Fsp3) is 0.312. The van der Waals surface area contributed by atoms with Crippen LogP contribution in [0.25, 0.3) is 0 Å². The van der Waals surface area contributed by atoms with Crippen LogP contribution in [0.1, 0.15) is 24.8 Å². The normalized spacial score (nSPS) is 14.7. The molecule has 0 spiro atoms. The first-order chi connectivity index (χ1) is 12.4. The molecule has 0 radical (unpaired) electrons. The molecule has 2 rings (SSSR count). The van der Waals surface area contributed by atoms with E-state index in [9.17, 15) is 24.0 Å². The zero-order valence-corrected chi connectivity index (χ0v) is 13.7. The average Bonchev–Trinajstić information content (AvgIpc) is 2.92. The molecule has 0 aromatic heterocycles. The lowest BCUT2D eigenvalue weighted by atomic mass is 10.2. The van der Waals surface area contributed by atoms with Crippen molar-refractivity contribution >= 4 is 29.8 Å². The van der Waals surface area contributed by atoms with Crippen LogP contribution in [-0.2, 0) is 35.4 Å². The average molecular weight is 363 g/mol. The van der Waals surface area contributed by atoms with Crippen molar-refractivity contribution in [2.45, 2.75) is 31.9 Å². The molecule has 1 unspecified atom stereocenters. The Morgan fingerprint density at radius 3 is 2.31 bits per heavy atom. The van der Waals surface area contributed by atoms with Crippen LogP contribution in [0.2, 0.25) is 0 Å². The smallest absolute Gasteiger partial charge is 0.408 e. The van der Waals surface area contributed by atoms with Gasteiger partial charge in [-0.3, -0.25) is 14.4 Å². The van der Waals surface area contributed by atoms with E-state index < -0.39 is 42.2 Å². The van der Waals surface area contributed by atoms with Gasteiger partial charge in [-0.15, -0.1) is 5.06 Å². The Kier molecular flexibility index (Phi) is 6.25. The van der Waals surface area contributed by atoms with Gasteiger partial charge in [0, 0.05) is 12.8 Å². The van der Waals surface area contributed by atoms with Gasteiger partial charge in [0.05, 0.1) is 6.42 Å². The summed E-state index contributed by atoms with van der Waals surface area (Å²) in [7, 11) is 0. The highest BCUT2D eigenvalue weighted by atomic mass is 16.7. The molecule has 138 valence electrons. The van der Waals surface area contributed by atoms with Crippen molar-refractivity contribution in [2.75, 3.05) is 0 Å². The van der Waals surface area contributed by atoms with E-state index in [1.165, 1.54) is 0 Å². The van der Waals surface area contributed by atoms with Gasteiger partial charge in [0.1, 0.15) is 12.6 Å². The van der Waals surface area contributed by atoms with Crippen molar-refractivity contribution in [1.82, 2.24) is 10.4 Å². The Labute approximate surface area is 148 Å². The molecule has 4 amide bonds. The van der Waals surface area contributed by atoms with Crippen LogP contribution in [0.4, 0.5) is 4.79 Å². The van der Waals surface area contributed by atoms with Crippen LogP contribution < -0.4 is 11.1 Å². The number of hydrogen-bond acceptors (Lipinski definition) is 7. The van der Waals surface area contributed by atoms with Gasteiger partial charge < -0.3 is 20.6 Å². The van der Waals surface area contributed by atoms with Crippen molar-refractivity contribution in [3.8, 4) is 0 Å². The largest absolute Gasteiger partial charge is 0.445 e. The molecule has 1 aliphatic heterocycles. The zero-order valence-electron chi connectivity index (χ0n) is 13.7. The lowest BCUT2D eigenvalue weighted by molar-refractivity contribution is -0.199. The second kappa shape index (κ2) is 8.60. The molecular weight excluding hydrogens is 346 g/mol. The van der Waals surface area contributed by atoms with Crippen LogP contribution >= 0.6 is 0 Å². The first kappa shape index (κ1) is 18.9. The van der Waals surface area contributed by atoms with Crippen molar-refractivity contribution in [1.29, 1.82) is 0 Å². The molecule has 26 heavy (non-hydrogen) atoms. The minimum absolute atomic E-state index is 0.0614. The summed E-state index contributed by atoms with van der Waals surface area (Å²) < 4.78 is 4.95. The molecule has 1 atom stereocenters. The number of alkyl carbamates (subject to hydrolysis) is 1. The van der Waals surface area contributed by atoms with Gasteiger partial charge in [-0.25, -0.2) is 9.59 Å². The number of hydroxylamine groups is 2. The number of carbonyl (C=O) groups excluding carboxylic acids is 5. The molecular formula is C16H17N3O7. The molecule has 10 heteroatoms. The van der Waals surface area contributed by atoms with Gasteiger partial charge in [0.2, 0.25) is 5.91 Å². The quantitative estimate of drug-likeness (QED) is 0.636. The van der Waals surface area contributed by atoms with Crippen molar-refractivity contribution in [2.24, 2.45) is 5.73 Å². The van der Waals surface area contributed by atoms with Gasteiger partial charge in [0.15, 0.2) is 0 Å². The van der Waals surface area contributed by atoms with Gasteiger partial charge in [-0.1, -0.05) is 30.3 Å². The molecule has 0 bridgehead atoms. The van der Waals surface area contributed by atoms with E-state index in [0.717, 1.165) is 0 Å². The molecule has 1 saturated heterocycles. The standard InChI is InChI=1S/C16H17N3O7/c17-12(20)8-11(15(23)26-19-13(21)6-7-14(19)22)18-16(24)25-9-10-4-2-1-3-5-10/h1-5,11H,6-9H2,(H2,17,20)(H,18,24). The summed E-state index contributed by atoms with van der Waals surface area (Å²) in [6.07, 6.45) is -1.75. The summed E-state index contributed by atoms with van der Waals surface area (Å²) in [5.74, 6) is -3.45. The molecule has 0 aliphatic carbocycles. The highest BCUT2D eigenvalue weighted by molar-refractivity contribution is 6.02. The molecule has 1 fully saturated rings. The van der Waals surface area contributed by atoms with E-state index in [2.05, 4.69) is 10.2 Å². The molecule has 1 aromatic carbocycles. The van der Waals surface area contributed by atoms with Crippen LogP contribution in [0, 0.1) is 0 Å². The number of ether oxygens (including phenoxy) is 1. The minimum Gasteiger partial charge on any atom is -0.445 e. The number of carbonyl (C=O) groups is 5. The second-order valence-electron chi connectivity index (χ2n) is 5.42. The van der Waals surface area contributed by atoms with Crippen LogP contribution in [0.5, 0.6) is 0 Å². The Bertz CT molecular complexity index is 704. The Balaban J connectivity index is 1.94. The lowest BCUT2D eigenvalue weighted by Crippen LogP contribution is -2.47. The van der Waals surface area contributed by atoms with Gasteiger partial charge in [-0.05, 0) is 5.56 Å². The first-order valence-electron chi connectivity index (χ1n) is 7.70. The zero-order chi connectivity index (χ0) is 19.1. The molecule has 1 heterocycles. The van der Waals surface area contributed by atoms with Gasteiger partial charge in [0.25, 0.3) is 11.8 Å². The highest BCUT2D eigenvalue weighted by Crippen LogP contribution is 2.13. The third kappa shape index (κ3) is 5.30. The fourth-order valence-corrected chi connectivity index (χ4v) is 2.11. The van der Waals surface area contributed by atoms with Crippen LogP contribution in [0.3, 0.4) is 0 Å². The maximum absolute atomic E-state index is 12.1. The summed E-state index contributed by atoms with van der Waals surface area (Å²) in [6, 6.07) is 7.27. The van der Waals surface area contributed by atoms with E-state index in [1.807, 2.05) is 0 Å². The van der Waals surface area contributed by atoms with E-state index in [1.54, 1.807) is 30.3 Å². The second-order valence-corrected chi connectivity index (χ2v) is 5.42. The highest BCUT2D eigenvalue weighted by Gasteiger charge is 2.36. The summed E-state index contributed by atoms with van der Waals surface area (Å²) in [5.41, 5.74) is 5.76. The van der Waals surface area contributed by atoms with Gasteiger partial charge in [-0.2, -0.15) is 0 Å². The van der Waals surface area contributed by atoms with Crippen LogP contribution in [-0.4, -0.2) is 40.9 Å². The maximum atomic E-state index is 12.1. The number of primary amides is 1. The van der Waals surface area contributed by atoms with E-state index in [-0.39, 0.29) is 19.4 Å². The predicted molar refractivity (Wildman–Crippen MR) is 84.5 cm³/mol. The number of imide groups is 1. The number of nitrogens with one attached hydrogen (secondary N) is 1. The first-order valence-corrected chi connectivity index (χ1v) is 7.70. The summed E-state index contributed by atoms with van der Waals surface area (Å²) in [5, 5.41) is 2.45. The van der Waals surface area contributed by atoms with Crippen molar-refractivity contribution in [3.05, 3.63) is 35.9 Å². The fourth-order valence-electron chi connectivity index (χ4n) is 2.11. The molecule has 1 aliphatic rings. The summed E-state index contributed by atoms with van der Waals surface area (Å²) in [4.78, 5) is 62.7. The Morgan fingerprint density at radius 1 is 1.12 bits per heavy atom. The molecule has 10 nitrogen and oxygen atoms in total. The van der Waals surface area contributed by atoms with Crippen LogP contribution in [0.15, 0.2) is 30.3 Å². The monoisotopic (exact) mass is 363 g/mol. The number of rotatable bonds is 7. The molecule has 3 N–H and O–H groups in total. The number of nitrogens with zero attached hydrogens (tertiary/aromatic N) is 1. The topological polar surface area (TPSA) is 145 Å². The Morgan fingerprint density at radius 2 is 1.73 bits per heavy atom. The third-order valence-corrected chi connectivity index (χ3v) is 3.38. The minimum atomic E-state index is -1.50. The number of amides is 4. The number of hydrogen-bond donors (Lipinski definition) is 2. The maximum Gasteiger partial charge on any atom is 0.408 e. The molecule has 1 aromatic rings. The third-order valence-electron chi connectivity index (χ3n) is 3.38. The van der Waals surface area contributed by atoms with E-state index >= 15 is 0 Å². The lowest BCUT2D eigenvalue weighted by Gasteiger charge is -2.19. The predicted octanol–water partition coefficient (Wildman–Crippen LogP) is -0.236. The number of nitrogens with two attached hydrogens (primary N) is 1. The van der Waals surface area contributed by atoms with Crippen molar-refractivity contribution < 1.29 is 33.5 Å². The van der Waals surface area contributed by atoms with E-state index in [0.29, 0.717) is 10.6 Å². The molecule has 0 saturated carbocycles. The Hall–Kier alpha value is -3.43. The van der Waals surface area contributed by atoms with Crippen molar-refractivity contribution in [3.63, 3.8) is 0 Å². The van der Waals surface area contributed by atoms with Gasteiger partial charge >= 0.3 is 12.1 Å². The summed E-state index contributed by atoms with van der Waals surface area (Å²) >= 11 is 0. The number of benzene rings is 1. The SMILES string of the molecule is NC(=O)CC(NC(=O)OCc1ccccc1)C(=O)ON1C(=O)CCC1=O.